The standard InChI is InChI=1S/C12H12BrNO/c13-12-7-11(6-5-9(12)8-14)15-10-3-1-2-4-10/h5-7,10H,1-4H2. The SMILES string of the molecule is N#Cc1ccc(OC2CCCC2)cc1Br. The highest BCUT2D eigenvalue weighted by Crippen LogP contribution is 2.27. The van der Waals surface area contributed by atoms with Crippen molar-refractivity contribution in [2.45, 2.75) is 31.8 Å². The van der Waals surface area contributed by atoms with E-state index in [1.54, 1.807) is 6.07 Å². The molecule has 0 bridgehead atoms. The lowest BCUT2D eigenvalue weighted by Gasteiger charge is -2.13. The van der Waals surface area contributed by atoms with Crippen LogP contribution in [0, 0.1) is 11.3 Å². The van der Waals surface area contributed by atoms with Gasteiger partial charge in [-0.3, -0.25) is 0 Å². The topological polar surface area (TPSA) is 33.0 Å². The van der Waals surface area contributed by atoms with Crippen molar-refractivity contribution in [2.75, 3.05) is 0 Å². The van der Waals surface area contributed by atoms with Crippen LogP contribution in [0.4, 0.5) is 0 Å². The summed E-state index contributed by atoms with van der Waals surface area (Å²) < 4.78 is 6.62. The molecule has 1 aromatic rings. The van der Waals surface area contributed by atoms with Crippen molar-refractivity contribution in [3.8, 4) is 11.8 Å². The zero-order valence-electron chi connectivity index (χ0n) is 8.37. The summed E-state index contributed by atoms with van der Waals surface area (Å²) in [5.74, 6) is 0.854. The Kier molecular flexibility index (Phi) is 3.27. The molecule has 0 amide bonds. The van der Waals surface area contributed by atoms with Crippen molar-refractivity contribution in [3.63, 3.8) is 0 Å². The van der Waals surface area contributed by atoms with Gasteiger partial charge in [-0.05, 0) is 59.8 Å². The highest BCUT2D eigenvalue weighted by atomic mass is 79.9. The maximum Gasteiger partial charge on any atom is 0.120 e. The van der Waals surface area contributed by atoms with Gasteiger partial charge in [0.25, 0.3) is 0 Å². The second kappa shape index (κ2) is 4.67. The average molecular weight is 266 g/mol. The fourth-order valence-electron chi connectivity index (χ4n) is 1.86. The third-order valence-corrected chi connectivity index (χ3v) is 3.32. The van der Waals surface area contributed by atoms with Crippen LogP contribution in [0.1, 0.15) is 31.2 Å². The summed E-state index contributed by atoms with van der Waals surface area (Å²) in [6, 6.07) is 7.63. The number of nitrogens with zero attached hydrogens (tertiary/aromatic N) is 1. The van der Waals surface area contributed by atoms with E-state index in [9.17, 15) is 0 Å². The average Bonchev–Trinajstić information content (AvgIpc) is 2.71. The molecule has 1 aliphatic rings. The number of hydrogen-bond donors (Lipinski definition) is 0. The number of nitriles is 1. The Morgan fingerprint density at radius 2 is 2.07 bits per heavy atom. The van der Waals surface area contributed by atoms with Gasteiger partial charge in [-0.25, -0.2) is 0 Å². The zero-order chi connectivity index (χ0) is 10.7. The molecule has 0 atom stereocenters. The summed E-state index contributed by atoms with van der Waals surface area (Å²) >= 11 is 3.35. The fourth-order valence-corrected chi connectivity index (χ4v) is 2.30. The maximum absolute atomic E-state index is 8.77. The molecule has 1 aliphatic carbocycles. The van der Waals surface area contributed by atoms with E-state index in [0.29, 0.717) is 11.7 Å². The predicted octanol–water partition coefficient (Wildman–Crippen LogP) is 3.64. The largest absolute Gasteiger partial charge is 0.490 e. The minimum Gasteiger partial charge on any atom is -0.490 e. The van der Waals surface area contributed by atoms with Crippen molar-refractivity contribution in [1.82, 2.24) is 0 Å². The lowest BCUT2D eigenvalue weighted by Crippen LogP contribution is -2.10. The van der Waals surface area contributed by atoms with Crippen molar-refractivity contribution in [2.24, 2.45) is 0 Å². The van der Waals surface area contributed by atoms with Crippen LogP contribution in [0.3, 0.4) is 0 Å². The number of halogens is 1. The first kappa shape index (κ1) is 10.5. The fraction of sp³-hybridized carbons (Fsp3) is 0.417. The lowest BCUT2D eigenvalue weighted by atomic mass is 10.2. The van der Waals surface area contributed by atoms with E-state index in [0.717, 1.165) is 23.1 Å². The Morgan fingerprint density at radius 3 is 2.67 bits per heavy atom. The monoisotopic (exact) mass is 265 g/mol. The van der Waals surface area contributed by atoms with Gasteiger partial charge in [-0.15, -0.1) is 0 Å². The maximum atomic E-state index is 8.77. The van der Waals surface area contributed by atoms with Crippen molar-refractivity contribution in [1.29, 1.82) is 5.26 Å². The summed E-state index contributed by atoms with van der Waals surface area (Å²) in [7, 11) is 0. The summed E-state index contributed by atoms with van der Waals surface area (Å²) in [4.78, 5) is 0. The van der Waals surface area contributed by atoms with E-state index in [1.165, 1.54) is 12.8 Å². The minimum absolute atomic E-state index is 0.366. The molecule has 0 unspecified atom stereocenters. The smallest absolute Gasteiger partial charge is 0.120 e. The van der Waals surface area contributed by atoms with Gasteiger partial charge < -0.3 is 4.74 Å². The molecular weight excluding hydrogens is 254 g/mol. The molecular formula is C12H12BrNO. The van der Waals surface area contributed by atoms with Crippen LogP contribution in [0.25, 0.3) is 0 Å². The molecule has 1 fully saturated rings. The molecule has 1 aromatic carbocycles. The molecule has 78 valence electrons. The second-order valence-electron chi connectivity index (χ2n) is 3.78. The number of rotatable bonds is 2. The van der Waals surface area contributed by atoms with Crippen LogP contribution in [0.15, 0.2) is 22.7 Å². The summed E-state index contributed by atoms with van der Waals surface area (Å²) in [6.07, 6.45) is 5.20. The molecule has 15 heavy (non-hydrogen) atoms. The van der Waals surface area contributed by atoms with Gasteiger partial charge in [-0.1, -0.05) is 0 Å². The molecule has 2 rings (SSSR count). The highest BCUT2D eigenvalue weighted by molar-refractivity contribution is 9.10. The van der Waals surface area contributed by atoms with Crippen LogP contribution in [-0.2, 0) is 0 Å². The van der Waals surface area contributed by atoms with Crippen molar-refractivity contribution < 1.29 is 4.74 Å². The molecule has 0 heterocycles. The molecule has 0 radical (unpaired) electrons. The number of benzene rings is 1. The van der Waals surface area contributed by atoms with Crippen LogP contribution in [-0.4, -0.2) is 6.10 Å². The molecule has 1 saturated carbocycles. The number of hydrogen-bond acceptors (Lipinski definition) is 2. The van der Waals surface area contributed by atoms with Gasteiger partial charge >= 0.3 is 0 Å². The molecule has 0 N–H and O–H groups in total. The quantitative estimate of drug-likeness (QED) is 0.818. The number of ether oxygens (including phenoxy) is 1. The lowest BCUT2D eigenvalue weighted by molar-refractivity contribution is 0.210. The van der Waals surface area contributed by atoms with E-state index in [1.807, 2.05) is 12.1 Å². The first-order valence-electron chi connectivity index (χ1n) is 5.16. The van der Waals surface area contributed by atoms with E-state index < -0.39 is 0 Å². The van der Waals surface area contributed by atoms with E-state index >= 15 is 0 Å². The molecule has 0 aromatic heterocycles. The zero-order valence-corrected chi connectivity index (χ0v) is 9.96. The van der Waals surface area contributed by atoms with Crippen molar-refractivity contribution in [3.05, 3.63) is 28.2 Å². The first-order chi connectivity index (χ1) is 7.29. The summed E-state index contributed by atoms with van der Waals surface area (Å²) in [6.45, 7) is 0. The Balaban J connectivity index is 2.09. The Morgan fingerprint density at radius 1 is 1.33 bits per heavy atom. The van der Waals surface area contributed by atoms with Crippen LogP contribution in [0.2, 0.25) is 0 Å². The third kappa shape index (κ3) is 2.51. The van der Waals surface area contributed by atoms with Crippen LogP contribution < -0.4 is 4.74 Å². The highest BCUT2D eigenvalue weighted by Gasteiger charge is 2.16. The molecule has 3 heteroatoms. The summed E-state index contributed by atoms with van der Waals surface area (Å²) in [5.41, 5.74) is 0.647. The van der Waals surface area contributed by atoms with Gasteiger partial charge in [0.2, 0.25) is 0 Å². The van der Waals surface area contributed by atoms with E-state index in [4.69, 9.17) is 10.00 Å². The van der Waals surface area contributed by atoms with Gasteiger partial charge in [-0.2, -0.15) is 5.26 Å². The summed E-state index contributed by atoms with van der Waals surface area (Å²) in [5, 5.41) is 8.77. The Bertz CT molecular complexity index is 391. The normalized spacial score (nSPS) is 16.3. The molecule has 0 aliphatic heterocycles. The van der Waals surface area contributed by atoms with Gasteiger partial charge in [0, 0.05) is 4.47 Å². The van der Waals surface area contributed by atoms with E-state index in [2.05, 4.69) is 22.0 Å². The second-order valence-corrected chi connectivity index (χ2v) is 4.63. The van der Waals surface area contributed by atoms with Gasteiger partial charge in [0.1, 0.15) is 11.8 Å². The Hall–Kier alpha value is -1.01. The molecule has 0 saturated heterocycles. The predicted molar refractivity (Wildman–Crippen MR) is 61.7 cm³/mol. The Labute approximate surface area is 98.0 Å². The minimum atomic E-state index is 0.366. The molecule has 0 spiro atoms. The van der Waals surface area contributed by atoms with Crippen LogP contribution >= 0.6 is 15.9 Å². The van der Waals surface area contributed by atoms with Crippen molar-refractivity contribution >= 4 is 15.9 Å². The van der Waals surface area contributed by atoms with Crippen LogP contribution in [0.5, 0.6) is 5.75 Å². The van der Waals surface area contributed by atoms with Gasteiger partial charge in [0.05, 0.1) is 11.7 Å². The first-order valence-corrected chi connectivity index (χ1v) is 5.95. The van der Waals surface area contributed by atoms with Gasteiger partial charge in [0.15, 0.2) is 0 Å². The molecule has 2 nitrogen and oxygen atoms in total. The third-order valence-electron chi connectivity index (χ3n) is 2.67. The van der Waals surface area contributed by atoms with E-state index in [-0.39, 0.29) is 0 Å².